The summed E-state index contributed by atoms with van der Waals surface area (Å²) >= 11 is 0. The molecule has 2 aromatic rings. The molecule has 0 atom stereocenters. The second-order valence-electron chi connectivity index (χ2n) is 4.26. The van der Waals surface area contributed by atoms with Crippen molar-refractivity contribution < 1.29 is 13.2 Å². The van der Waals surface area contributed by atoms with E-state index >= 15 is 0 Å². The van der Waals surface area contributed by atoms with Gasteiger partial charge < -0.3 is 11.1 Å². The summed E-state index contributed by atoms with van der Waals surface area (Å²) in [5.41, 5.74) is 6.37. The Bertz CT molecular complexity index is 602. The summed E-state index contributed by atoms with van der Waals surface area (Å²) in [4.78, 5) is 0. The van der Waals surface area contributed by atoms with Gasteiger partial charge in [0.25, 0.3) is 0 Å². The van der Waals surface area contributed by atoms with Crippen LogP contribution in [0.3, 0.4) is 0 Å². The van der Waals surface area contributed by atoms with Gasteiger partial charge in [0, 0.05) is 18.9 Å². The Hall–Kier alpha value is -2.18. The normalized spacial score (nSPS) is 11.6. The molecule has 0 saturated carbocycles. The summed E-state index contributed by atoms with van der Waals surface area (Å²) in [7, 11) is 1.68. The molecule has 0 amide bonds. The zero-order valence-corrected chi connectivity index (χ0v) is 10.4. The number of aromatic nitrogens is 2. The molecule has 0 aliphatic heterocycles. The van der Waals surface area contributed by atoms with Crippen LogP contribution < -0.4 is 11.1 Å². The predicted molar refractivity (Wildman–Crippen MR) is 67.1 cm³/mol. The van der Waals surface area contributed by atoms with Gasteiger partial charge in [-0.2, -0.15) is 18.3 Å². The smallest absolute Gasteiger partial charge is 0.394 e. The minimum atomic E-state index is -4.38. The summed E-state index contributed by atoms with van der Waals surface area (Å²) in [5, 5.41) is 6.85. The average Bonchev–Trinajstić information content (AvgIpc) is 2.59. The summed E-state index contributed by atoms with van der Waals surface area (Å²) in [6.45, 7) is 1.71. The topological polar surface area (TPSA) is 55.9 Å². The van der Waals surface area contributed by atoms with Gasteiger partial charge >= 0.3 is 6.18 Å². The standard InChI is InChI=1S/C12H13F3N4/c1-7-3-4-8(12(13,14)15)5-10(7)17-11-9(16)6-19(2)18-11/h3-6H,16H2,1-2H3,(H,17,18). The number of benzene rings is 1. The number of nitrogens with one attached hydrogen (secondary N) is 1. The van der Waals surface area contributed by atoms with E-state index in [0.717, 1.165) is 12.1 Å². The Morgan fingerprint density at radius 3 is 2.53 bits per heavy atom. The van der Waals surface area contributed by atoms with Crippen molar-refractivity contribution >= 4 is 17.2 Å². The third kappa shape index (κ3) is 2.81. The lowest BCUT2D eigenvalue weighted by Crippen LogP contribution is -2.06. The highest BCUT2D eigenvalue weighted by atomic mass is 19.4. The van der Waals surface area contributed by atoms with Gasteiger partial charge in [0.2, 0.25) is 0 Å². The lowest BCUT2D eigenvalue weighted by Gasteiger charge is -2.12. The SMILES string of the molecule is Cc1ccc(C(F)(F)F)cc1Nc1nn(C)cc1N. The summed E-state index contributed by atoms with van der Waals surface area (Å²) in [5.74, 6) is 0.338. The highest BCUT2D eigenvalue weighted by Crippen LogP contribution is 2.33. The molecule has 0 saturated heterocycles. The van der Waals surface area contributed by atoms with Gasteiger partial charge in [-0.05, 0) is 24.6 Å². The zero-order valence-electron chi connectivity index (χ0n) is 10.4. The fraction of sp³-hybridized carbons (Fsp3) is 0.250. The van der Waals surface area contributed by atoms with E-state index in [1.54, 1.807) is 20.2 Å². The van der Waals surface area contributed by atoms with Crippen LogP contribution in [0.2, 0.25) is 0 Å². The van der Waals surface area contributed by atoms with E-state index in [1.807, 2.05) is 0 Å². The Morgan fingerprint density at radius 2 is 2.00 bits per heavy atom. The number of nitrogens with zero attached hydrogens (tertiary/aromatic N) is 2. The Labute approximate surface area is 108 Å². The molecular formula is C12H13F3N4. The van der Waals surface area contributed by atoms with E-state index in [9.17, 15) is 13.2 Å². The zero-order chi connectivity index (χ0) is 14.2. The number of hydrogen-bond acceptors (Lipinski definition) is 3. The second-order valence-corrected chi connectivity index (χ2v) is 4.26. The van der Waals surface area contributed by atoms with Crippen LogP contribution in [0.25, 0.3) is 0 Å². The third-order valence-corrected chi connectivity index (χ3v) is 2.68. The number of nitrogens with two attached hydrogens (primary N) is 1. The minimum Gasteiger partial charge on any atom is -0.394 e. The number of alkyl halides is 3. The molecule has 0 fully saturated rings. The Kier molecular flexibility index (Phi) is 3.13. The Morgan fingerprint density at radius 1 is 1.32 bits per heavy atom. The number of hydrogen-bond donors (Lipinski definition) is 2. The van der Waals surface area contributed by atoms with Crippen molar-refractivity contribution in [2.75, 3.05) is 11.1 Å². The van der Waals surface area contributed by atoms with Crippen molar-refractivity contribution in [2.24, 2.45) is 7.05 Å². The maximum atomic E-state index is 12.6. The lowest BCUT2D eigenvalue weighted by atomic mass is 10.1. The van der Waals surface area contributed by atoms with Crippen molar-refractivity contribution in [1.29, 1.82) is 0 Å². The van der Waals surface area contributed by atoms with E-state index in [2.05, 4.69) is 10.4 Å². The van der Waals surface area contributed by atoms with Crippen molar-refractivity contribution in [3.05, 3.63) is 35.5 Å². The predicted octanol–water partition coefficient (Wildman–Crippen LogP) is 3.07. The van der Waals surface area contributed by atoms with Crippen molar-refractivity contribution in [3.8, 4) is 0 Å². The van der Waals surface area contributed by atoms with Gasteiger partial charge in [0.1, 0.15) is 0 Å². The summed E-state index contributed by atoms with van der Waals surface area (Å²) in [6, 6.07) is 3.50. The molecule has 19 heavy (non-hydrogen) atoms. The number of anilines is 3. The molecule has 0 aliphatic carbocycles. The first kappa shape index (κ1) is 13.3. The molecule has 2 rings (SSSR count). The number of nitrogen functional groups attached to an aromatic ring is 1. The largest absolute Gasteiger partial charge is 0.416 e. The molecule has 0 bridgehead atoms. The first-order valence-electron chi connectivity index (χ1n) is 5.51. The molecule has 7 heteroatoms. The van der Waals surface area contributed by atoms with E-state index in [-0.39, 0.29) is 0 Å². The fourth-order valence-electron chi connectivity index (χ4n) is 1.66. The summed E-state index contributed by atoms with van der Waals surface area (Å²) < 4.78 is 39.4. The van der Waals surface area contributed by atoms with Crippen LogP contribution in [-0.2, 0) is 13.2 Å². The summed E-state index contributed by atoms with van der Waals surface area (Å²) in [6.07, 6.45) is -2.80. The maximum Gasteiger partial charge on any atom is 0.416 e. The molecule has 1 heterocycles. The van der Waals surface area contributed by atoms with E-state index in [1.165, 1.54) is 10.7 Å². The van der Waals surface area contributed by atoms with Gasteiger partial charge in [-0.1, -0.05) is 6.07 Å². The molecule has 3 N–H and O–H groups in total. The van der Waals surface area contributed by atoms with Crippen LogP contribution in [0.1, 0.15) is 11.1 Å². The maximum absolute atomic E-state index is 12.6. The van der Waals surface area contributed by atoms with Crippen LogP contribution >= 0.6 is 0 Å². The first-order chi connectivity index (χ1) is 8.77. The number of halogens is 3. The minimum absolute atomic E-state index is 0.334. The van der Waals surface area contributed by atoms with Crippen molar-refractivity contribution in [3.63, 3.8) is 0 Å². The second kappa shape index (κ2) is 4.49. The van der Waals surface area contributed by atoms with Gasteiger partial charge in [-0.25, -0.2) is 0 Å². The van der Waals surface area contributed by atoms with Crippen LogP contribution in [-0.4, -0.2) is 9.78 Å². The quantitative estimate of drug-likeness (QED) is 0.881. The molecule has 0 spiro atoms. The monoisotopic (exact) mass is 270 g/mol. The van der Waals surface area contributed by atoms with Gasteiger partial charge in [-0.15, -0.1) is 0 Å². The number of aryl methyl sites for hydroxylation is 2. The van der Waals surface area contributed by atoms with Crippen molar-refractivity contribution in [2.45, 2.75) is 13.1 Å². The molecule has 0 unspecified atom stereocenters. The van der Waals surface area contributed by atoms with Gasteiger partial charge in [0.05, 0.1) is 11.3 Å². The van der Waals surface area contributed by atoms with Crippen LogP contribution in [0.15, 0.2) is 24.4 Å². The molecule has 4 nitrogen and oxygen atoms in total. The van der Waals surface area contributed by atoms with Crippen LogP contribution in [0.4, 0.5) is 30.4 Å². The fourth-order valence-corrected chi connectivity index (χ4v) is 1.66. The van der Waals surface area contributed by atoms with Gasteiger partial charge in [0.15, 0.2) is 5.82 Å². The first-order valence-corrected chi connectivity index (χ1v) is 5.51. The van der Waals surface area contributed by atoms with E-state index < -0.39 is 11.7 Å². The van der Waals surface area contributed by atoms with Crippen LogP contribution in [0.5, 0.6) is 0 Å². The molecule has 102 valence electrons. The Balaban J connectivity index is 2.37. The molecule has 0 aliphatic rings. The average molecular weight is 270 g/mol. The highest BCUT2D eigenvalue weighted by Gasteiger charge is 2.30. The van der Waals surface area contributed by atoms with E-state index in [0.29, 0.717) is 22.8 Å². The van der Waals surface area contributed by atoms with Crippen LogP contribution in [0, 0.1) is 6.92 Å². The molecule has 1 aromatic carbocycles. The lowest BCUT2D eigenvalue weighted by molar-refractivity contribution is -0.137. The highest BCUT2D eigenvalue weighted by molar-refractivity contribution is 5.70. The third-order valence-electron chi connectivity index (χ3n) is 2.68. The van der Waals surface area contributed by atoms with Gasteiger partial charge in [-0.3, -0.25) is 4.68 Å². The van der Waals surface area contributed by atoms with E-state index in [4.69, 9.17) is 5.73 Å². The number of rotatable bonds is 2. The van der Waals surface area contributed by atoms with Crippen molar-refractivity contribution in [1.82, 2.24) is 9.78 Å². The molecule has 1 aromatic heterocycles. The molecular weight excluding hydrogens is 257 g/mol. The molecule has 0 radical (unpaired) electrons.